The van der Waals surface area contributed by atoms with Crippen LogP contribution < -0.4 is 9.64 Å². The Balaban J connectivity index is 1.18. The summed E-state index contributed by atoms with van der Waals surface area (Å²) in [5.41, 5.74) is 2.19. The van der Waals surface area contributed by atoms with Gasteiger partial charge in [-0.3, -0.25) is 0 Å². The third kappa shape index (κ3) is 6.72. The van der Waals surface area contributed by atoms with Gasteiger partial charge in [-0.05, 0) is 85.8 Å². The molecule has 43 heavy (non-hydrogen) atoms. The summed E-state index contributed by atoms with van der Waals surface area (Å²) < 4.78 is 30.0. The highest BCUT2D eigenvalue weighted by Crippen LogP contribution is 2.39. The Labute approximate surface area is 247 Å². The maximum Gasteiger partial charge on any atom is 0.347 e. The molecule has 1 saturated carbocycles. The molecule has 1 N–H and O–H groups in total. The average molecular weight is 584 g/mol. The van der Waals surface area contributed by atoms with Gasteiger partial charge in [-0.1, -0.05) is 41.6 Å². The first kappa shape index (κ1) is 28.1. The van der Waals surface area contributed by atoms with Crippen LogP contribution in [0.1, 0.15) is 49.6 Å². The Kier molecular flexibility index (Phi) is 7.62. The van der Waals surface area contributed by atoms with Crippen molar-refractivity contribution < 1.29 is 28.1 Å². The largest absolute Gasteiger partial charge is 0.478 e. The molecular weight excluding hydrogens is 553 g/mol. The lowest BCUT2D eigenvalue weighted by Gasteiger charge is -2.22. The maximum atomic E-state index is 13.4. The number of benzene rings is 3. The van der Waals surface area contributed by atoms with Gasteiger partial charge in [0.25, 0.3) is 11.8 Å². The van der Waals surface area contributed by atoms with Crippen molar-refractivity contribution in [3.8, 4) is 28.6 Å². The normalized spacial score (nSPS) is 13.2. The van der Waals surface area contributed by atoms with Crippen molar-refractivity contribution >= 4 is 11.9 Å². The minimum absolute atomic E-state index is 0.293. The molecule has 6 rings (SSSR count). The lowest BCUT2D eigenvalue weighted by Crippen LogP contribution is -2.37. The van der Waals surface area contributed by atoms with Gasteiger partial charge in [-0.15, -0.1) is 0 Å². The molecule has 0 bridgehead atoms. The Bertz CT molecular complexity index is 1690. The fourth-order valence-electron chi connectivity index (χ4n) is 4.46. The van der Waals surface area contributed by atoms with Crippen molar-refractivity contribution in [1.82, 2.24) is 20.3 Å². The molecule has 2 aromatic heterocycles. The molecule has 220 valence electrons. The summed E-state index contributed by atoms with van der Waals surface area (Å²) in [5.74, 6) is 1.45. The highest BCUT2D eigenvalue weighted by atomic mass is 19.1. The van der Waals surface area contributed by atoms with E-state index in [2.05, 4.69) is 20.3 Å². The summed E-state index contributed by atoms with van der Waals surface area (Å²) in [6, 6.07) is 21.2. The Hall–Kier alpha value is -5.06. The van der Waals surface area contributed by atoms with Crippen LogP contribution in [0.25, 0.3) is 22.8 Å². The fourth-order valence-corrected chi connectivity index (χ4v) is 4.46. The molecule has 2 heterocycles. The number of nitrogens with zero attached hydrogens (tertiary/aromatic N) is 5. The van der Waals surface area contributed by atoms with Gasteiger partial charge in [-0.25, -0.2) is 9.18 Å². The number of aromatic nitrogens is 4. The summed E-state index contributed by atoms with van der Waals surface area (Å²) in [6.45, 7) is 4.07. The number of carboxylic acid groups (broad SMARTS) is 1. The average Bonchev–Trinajstić information content (AvgIpc) is 3.52. The van der Waals surface area contributed by atoms with Crippen LogP contribution in [-0.4, -0.2) is 43.5 Å². The molecule has 0 atom stereocenters. The van der Waals surface area contributed by atoms with Crippen molar-refractivity contribution in [3.05, 3.63) is 95.6 Å². The van der Waals surface area contributed by atoms with Gasteiger partial charge in [0.2, 0.25) is 11.7 Å². The standard InChI is InChI=1S/C32H30FN5O5/c1-32(2,30(39)40)41-26-15-5-20(6-16-26)17-18-38(31-35-29(43-37-31)24-11-13-25(33)14-12-24)19-21-3-7-22(8-4-21)27-34-28(42-36-27)23-9-10-23/h3-8,11-16,23H,9-10,17-19H2,1-2H3,(H,39,40). The minimum Gasteiger partial charge on any atom is -0.478 e. The second-order valence-electron chi connectivity index (χ2n) is 11.1. The van der Waals surface area contributed by atoms with Crippen LogP contribution in [-0.2, 0) is 17.8 Å². The van der Waals surface area contributed by atoms with Gasteiger partial charge in [0.1, 0.15) is 11.6 Å². The molecule has 1 aliphatic carbocycles. The van der Waals surface area contributed by atoms with Gasteiger partial charge in [0, 0.05) is 30.1 Å². The first-order chi connectivity index (χ1) is 20.7. The number of hydrogen-bond donors (Lipinski definition) is 1. The van der Waals surface area contributed by atoms with Crippen LogP contribution in [0.2, 0.25) is 0 Å². The van der Waals surface area contributed by atoms with Crippen molar-refractivity contribution in [2.24, 2.45) is 0 Å². The number of halogens is 1. The first-order valence-electron chi connectivity index (χ1n) is 14.0. The molecule has 0 amide bonds. The number of anilines is 1. The van der Waals surface area contributed by atoms with E-state index < -0.39 is 11.6 Å². The molecule has 1 fully saturated rings. The van der Waals surface area contributed by atoms with E-state index >= 15 is 0 Å². The summed E-state index contributed by atoms with van der Waals surface area (Å²) in [6.07, 6.45) is 2.83. The number of aliphatic carboxylic acids is 1. The topological polar surface area (TPSA) is 128 Å². The van der Waals surface area contributed by atoms with Crippen LogP contribution in [0.3, 0.4) is 0 Å². The quantitative estimate of drug-likeness (QED) is 0.179. The smallest absolute Gasteiger partial charge is 0.347 e. The highest BCUT2D eigenvalue weighted by Gasteiger charge is 2.30. The summed E-state index contributed by atoms with van der Waals surface area (Å²) >= 11 is 0. The molecule has 0 spiro atoms. The second kappa shape index (κ2) is 11.7. The van der Waals surface area contributed by atoms with E-state index in [1.165, 1.54) is 26.0 Å². The second-order valence-corrected chi connectivity index (χ2v) is 11.1. The summed E-state index contributed by atoms with van der Waals surface area (Å²) in [4.78, 5) is 22.5. The molecule has 0 radical (unpaired) electrons. The Morgan fingerprint density at radius 3 is 2.28 bits per heavy atom. The van der Waals surface area contributed by atoms with E-state index in [9.17, 15) is 14.3 Å². The van der Waals surface area contributed by atoms with Crippen LogP contribution in [0.15, 0.2) is 81.8 Å². The van der Waals surface area contributed by atoms with Crippen molar-refractivity contribution in [2.45, 2.75) is 51.2 Å². The van der Waals surface area contributed by atoms with Gasteiger partial charge in [0.15, 0.2) is 5.60 Å². The van der Waals surface area contributed by atoms with E-state index in [0.29, 0.717) is 60.3 Å². The van der Waals surface area contributed by atoms with Crippen LogP contribution in [0.4, 0.5) is 10.3 Å². The molecule has 0 aliphatic heterocycles. The molecular formula is C32H30FN5O5. The van der Waals surface area contributed by atoms with Crippen molar-refractivity contribution in [2.75, 3.05) is 11.4 Å². The number of ether oxygens (including phenoxy) is 1. The predicted molar refractivity (Wildman–Crippen MR) is 155 cm³/mol. The van der Waals surface area contributed by atoms with Crippen molar-refractivity contribution in [3.63, 3.8) is 0 Å². The molecule has 3 aromatic carbocycles. The molecule has 11 heteroatoms. The predicted octanol–water partition coefficient (Wildman–Crippen LogP) is 6.29. The van der Waals surface area contributed by atoms with Gasteiger partial charge >= 0.3 is 5.97 Å². The van der Waals surface area contributed by atoms with E-state index in [0.717, 1.165) is 29.5 Å². The maximum absolute atomic E-state index is 13.4. The zero-order valence-corrected chi connectivity index (χ0v) is 23.7. The highest BCUT2D eigenvalue weighted by molar-refractivity contribution is 5.76. The lowest BCUT2D eigenvalue weighted by atomic mass is 10.1. The third-order valence-electron chi connectivity index (χ3n) is 7.23. The van der Waals surface area contributed by atoms with E-state index in [1.54, 1.807) is 24.3 Å². The summed E-state index contributed by atoms with van der Waals surface area (Å²) in [7, 11) is 0. The number of carboxylic acids is 1. The summed E-state index contributed by atoms with van der Waals surface area (Å²) in [5, 5.41) is 17.7. The fraction of sp³-hybridized carbons (Fsp3) is 0.281. The number of hydrogen-bond acceptors (Lipinski definition) is 9. The Morgan fingerprint density at radius 2 is 1.60 bits per heavy atom. The van der Waals surface area contributed by atoms with Gasteiger partial charge in [-0.2, -0.15) is 9.97 Å². The van der Waals surface area contributed by atoms with E-state index in [-0.39, 0.29) is 5.82 Å². The number of rotatable bonds is 12. The van der Waals surface area contributed by atoms with E-state index in [1.807, 2.05) is 41.3 Å². The lowest BCUT2D eigenvalue weighted by molar-refractivity contribution is -0.152. The molecule has 5 aromatic rings. The zero-order valence-electron chi connectivity index (χ0n) is 23.7. The minimum atomic E-state index is -1.34. The first-order valence-corrected chi connectivity index (χ1v) is 14.0. The van der Waals surface area contributed by atoms with Crippen molar-refractivity contribution in [1.29, 1.82) is 0 Å². The SMILES string of the molecule is CC(C)(Oc1ccc(CCN(Cc2ccc(-c3noc(C4CC4)n3)cc2)c2noc(-c3ccc(F)cc3)n2)cc1)C(=O)O. The molecule has 1 aliphatic rings. The zero-order chi connectivity index (χ0) is 30.0. The van der Waals surface area contributed by atoms with Gasteiger partial charge < -0.3 is 23.8 Å². The molecule has 0 saturated heterocycles. The molecule has 0 unspecified atom stereocenters. The van der Waals surface area contributed by atoms with Crippen LogP contribution in [0.5, 0.6) is 5.75 Å². The third-order valence-corrected chi connectivity index (χ3v) is 7.23. The van der Waals surface area contributed by atoms with E-state index in [4.69, 9.17) is 13.8 Å². The Morgan fingerprint density at radius 1 is 0.930 bits per heavy atom. The molecule has 10 nitrogen and oxygen atoms in total. The monoisotopic (exact) mass is 583 g/mol. The van der Waals surface area contributed by atoms with Crippen LogP contribution in [0, 0.1) is 5.82 Å². The number of carbonyl (C=O) groups is 1. The van der Waals surface area contributed by atoms with Gasteiger partial charge in [0.05, 0.1) is 0 Å². The van der Waals surface area contributed by atoms with Crippen LogP contribution >= 0.6 is 0 Å².